The van der Waals surface area contributed by atoms with Crippen LogP contribution in [0, 0.1) is 0 Å². The van der Waals surface area contributed by atoms with E-state index in [9.17, 15) is 4.79 Å². The number of halogens is 1. The van der Waals surface area contributed by atoms with Crippen LogP contribution in [0.2, 0.25) is 0 Å². The molecule has 0 radical (unpaired) electrons. The molecule has 0 fully saturated rings. The lowest BCUT2D eigenvalue weighted by molar-refractivity contribution is 0.0946. The summed E-state index contributed by atoms with van der Waals surface area (Å²) in [6.45, 7) is 4.52. The Morgan fingerprint density at radius 2 is 2.19 bits per heavy atom. The largest absolute Gasteiger partial charge is 0.349 e. The maximum absolute atomic E-state index is 11.5. The van der Waals surface area contributed by atoms with Crippen molar-refractivity contribution in [3.05, 3.63) is 11.1 Å². The molecular weight excluding hydrogens is 248 g/mol. The number of carbonyl (C=O) groups is 1. The van der Waals surface area contributed by atoms with Crippen molar-refractivity contribution in [2.24, 2.45) is 5.73 Å². The SMILES string of the molecule is CCC(N)(CC)CNC(=O)c1cnns1.Cl. The van der Waals surface area contributed by atoms with E-state index in [1.54, 1.807) is 0 Å². The van der Waals surface area contributed by atoms with Gasteiger partial charge in [0.2, 0.25) is 0 Å². The highest BCUT2D eigenvalue weighted by atomic mass is 35.5. The molecule has 0 aromatic carbocycles. The van der Waals surface area contributed by atoms with E-state index in [4.69, 9.17) is 5.73 Å². The number of nitrogens with two attached hydrogens (primary N) is 1. The van der Waals surface area contributed by atoms with Gasteiger partial charge >= 0.3 is 0 Å². The van der Waals surface area contributed by atoms with Crippen LogP contribution in [0.3, 0.4) is 0 Å². The zero-order valence-electron chi connectivity index (χ0n) is 9.40. The molecule has 0 aliphatic rings. The normalized spacial score (nSPS) is 10.7. The molecule has 7 heteroatoms. The molecule has 0 aliphatic heterocycles. The summed E-state index contributed by atoms with van der Waals surface area (Å²) in [6, 6.07) is 0. The Bertz CT molecular complexity index is 313. The summed E-state index contributed by atoms with van der Waals surface area (Å²) in [5.41, 5.74) is 5.74. The topological polar surface area (TPSA) is 80.9 Å². The first-order chi connectivity index (χ1) is 7.11. The number of hydrogen-bond donors (Lipinski definition) is 2. The molecule has 0 saturated carbocycles. The minimum Gasteiger partial charge on any atom is -0.349 e. The molecule has 1 aromatic rings. The minimum atomic E-state index is -0.312. The lowest BCUT2D eigenvalue weighted by Crippen LogP contribution is -2.49. The molecule has 0 atom stereocenters. The molecule has 1 amide bonds. The minimum absolute atomic E-state index is 0. The third-order valence-corrected chi connectivity index (χ3v) is 3.26. The van der Waals surface area contributed by atoms with Gasteiger partial charge in [-0.1, -0.05) is 18.3 Å². The zero-order chi connectivity index (χ0) is 11.3. The first kappa shape index (κ1) is 15.3. The van der Waals surface area contributed by atoms with Crippen LogP contribution in [0.25, 0.3) is 0 Å². The summed E-state index contributed by atoms with van der Waals surface area (Å²) in [5, 5.41) is 6.40. The molecule has 1 aromatic heterocycles. The van der Waals surface area contributed by atoms with Crippen molar-refractivity contribution in [1.29, 1.82) is 0 Å². The van der Waals surface area contributed by atoms with Crippen LogP contribution in [0.5, 0.6) is 0 Å². The van der Waals surface area contributed by atoms with Crippen LogP contribution in [-0.4, -0.2) is 27.6 Å². The van der Waals surface area contributed by atoms with Crippen LogP contribution in [0.4, 0.5) is 0 Å². The Morgan fingerprint density at radius 1 is 1.56 bits per heavy atom. The van der Waals surface area contributed by atoms with E-state index in [-0.39, 0.29) is 23.9 Å². The van der Waals surface area contributed by atoms with Crippen molar-refractivity contribution in [3.8, 4) is 0 Å². The zero-order valence-corrected chi connectivity index (χ0v) is 11.0. The van der Waals surface area contributed by atoms with Gasteiger partial charge in [-0.3, -0.25) is 4.79 Å². The van der Waals surface area contributed by atoms with Crippen LogP contribution >= 0.6 is 23.9 Å². The number of aromatic nitrogens is 2. The molecule has 1 heterocycles. The summed E-state index contributed by atoms with van der Waals surface area (Å²) in [4.78, 5) is 12.1. The van der Waals surface area contributed by atoms with Crippen molar-refractivity contribution in [2.45, 2.75) is 32.2 Å². The lowest BCUT2D eigenvalue weighted by Gasteiger charge is -2.26. The van der Waals surface area contributed by atoms with E-state index in [0.29, 0.717) is 11.4 Å². The van der Waals surface area contributed by atoms with Crippen molar-refractivity contribution >= 4 is 29.8 Å². The van der Waals surface area contributed by atoms with Crippen molar-refractivity contribution in [3.63, 3.8) is 0 Å². The third-order valence-electron chi connectivity index (χ3n) is 2.59. The van der Waals surface area contributed by atoms with Crippen LogP contribution in [0.1, 0.15) is 36.4 Å². The molecular formula is C9H17ClN4OS. The molecule has 3 N–H and O–H groups in total. The lowest BCUT2D eigenvalue weighted by atomic mass is 9.94. The molecule has 0 saturated heterocycles. The van der Waals surface area contributed by atoms with E-state index in [0.717, 1.165) is 24.4 Å². The number of rotatable bonds is 5. The van der Waals surface area contributed by atoms with Gasteiger partial charge in [-0.25, -0.2) is 0 Å². The van der Waals surface area contributed by atoms with Gasteiger partial charge in [-0.15, -0.1) is 17.5 Å². The van der Waals surface area contributed by atoms with E-state index >= 15 is 0 Å². The average Bonchev–Trinajstić information content (AvgIpc) is 2.79. The second-order valence-corrected chi connectivity index (χ2v) is 4.32. The van der Waals surface area contributed by atoms with E-state index < -0.39 is 0 Å². The fourth-order valence-corrected chi connectivity index (χ4v) is 1.54. The molecule has 92 valence electrons. The van der Waals surface area contributed by atoms with Crippen LogP contribution in [0.15, 0.2) is 6.20 Å². The van der Waals surface area contributed by atoms with Gasteiger partial charge in [0.1, 0.15) is 4.88 Å². The van der Waals surface area contributed by atoms with Gasteiger partial charge in [0.25, 0.3) is 5.91 Å². The maximum Gasteiger partial charge on any atom is 0.264 e. The van der Waals surface area contributed by atoms with Gasteiger partial charge in [-0.2, -0.15) is 0 Å². The summed E-state index contributed by atoms with van der Waals surface area (Å²) >= 11 is 1.08. The highest BCUT2D eigenvalue weighted by Crippen LogP contribution is 2.10. The maximum atomic E-state index is 11.5. The monoisotopic (exact) mass is 264 g/mol. The van der Waals surface area contributed by atoms with Gasteiger partial charge < -0.3 is 11.1 Å². The van der Waals surface area contributed by atoms with E-state index in [1.165, 1.54) is 6.20 Å². The van der Waals surface area contributed by atoms with Gasteiger partial charge in [-0.05, 0) is 24.4 Å². The van der Waals surface area contributed by atoms with Crippen LogP contribution < -0.4 is 11.1 Å². The highest BCUT2D eigenvalue weighted by molar-refractivity contribution is 7.07. The molecule has 0 aliphatic carbocycles. The highest BCUT2D eigenvalue weighted by Gasteiger charge is 2.21. The molecule has 1 rings (SSSR count). The molecule has 0 spiro atoms. The second kappa shape index (κ2) is 6.78. The Labute approximate surface area is 105 Å². The Hall–Kier alpha value is -0.720. The number of nitrogens with one attached hydrogen (secondary N) is 1. The van der Waals surface area contributed by atoms with Crippen LogP contribution in [-0.2, 0) is 0 Å². The standard InChI is InChI=1S/C9H16N4OS.ClH/c1-3-9(10,4-2)6-11-8(14)7-5-12-13-15-7;/h5H,3-4,6,10H2,1-2H3,(H,11,14);1H. The third kappa shape index (κ3) is 4.03. The van der Waals surface area contributed by atoms with E-state index in [2.05, 4.69) is 14.9 Å². The van der Waals surface area contributed by atoms with Crippen molar-refractivity contribution in [1.82, 2.24) is 14.9 Å². The number of nitrogens with zero attached hydrogens (tertiary/aromatic N) is 2. The Balaban J connectivity index is 0.00000225. The van der Waals surface area contributed by atoms with Gasteiger partial charge in [0, 0.05) is 12.1 Å². The first-order valence-corrected chi connectivity index (χ1v) is 5.73. The number of amides is 1. The fourth-order valence-electron chi connectivity index (χ4n) is 1.11. The molecule has 0 bridgehead atoms. The predicted molar refractivity (Wildman–Crippen MR) is 67.0 cm³/mol. The molecule has 16 heavy (non-hydrogen) atoms. The summed E-state index contributed by atoms with van der Waals surface area (Å²) in [5.74, 6) is -0.151. The van der Waals surface area contributed by atoms with Crippen molar-refractivity contribution < 1.29 is 4.79 Å². The number of hydrogen-bond acceptors (Lipinski definition) is 5. The fraction of sp³-hybridized carbons (Fsp3) is 0.667. The quantitative estimate of drug-likeness (QED) is 0.838. The smallest absolute Gasteiger partial charge is 0.264 e. The molecule has 0 unspecified atom stereocenters. The first-order valence-electron chi connectivity index (χ1n) is 4.95. The van der Waals surface area contributed by atoms with Crippen molar-refractivity contribution in [2.75, 3.05) is 6.54 Å². The second-order valence-electron chi connectivity index (χ2n) is 3.53. The van der Waals surface area contributed by atoms with Gasteiger partial charge in [0.05, 0.1) is 6.20 Å². The summed E-state index contributed by atoms with van der Waals surface area (Å²) in [6.07, 6.45) is 3.13. The summed E-state index contributed by atoms with van der Waals surface area (Å²) in [7, 11) is 0. The van der Waals surface area contributed by atoms with E-state index in [1.807, 2.05) is 13.8 Å². The van der Waals surface area contributed by atoms with Gasteiger partial charge in [0.15, 0.2) is 0 Å². The summed E-state index contributed by atoms with van der Waals surface area (Å²) < 4.78 is 3.63. The predicted octanol–water partition coefficient (Wildman–Crippen LogP) is 1.21. The number of carbonyl (C=O) groups excluding carboxylic acids is 1. The Morgan fingerprint density at radius 3 is 2.62 bits per heavy atom. The average molecular weight is 265 g/mol. The Kier molecular flexibility index (Phi) is 6.47. The molecule has 5 nitrogen and oxygen atoms in total.